The zero-order valence-corrected chi connectivity index (χ0v) is 10.7. The highest BCUT2D eigenvalue weighted by molar-refractivity contribution is 7.80. The Hall–Kier alpha value is -1.94. The molecule has 2 N–H and O–H groups in total. The maximum absolute atomic E-state index is 5.57. The van der Waals surface area contributed by atoms with Crippen LogP contribution in [0.4, 0.5) is 11.5 Å². The van der Waals surface area contributed by atoms with Crippen molar-refractivity contribution < 1.29 is 0 Å². The molecule has 18 heavy (non-hydrogen) atoms. The third kappa shape index (κ3) is 1.84. The second kappa shape index (κ2) is 4.38. The lowest BCUT2D eigenvalue weighted by Gasteiger charge is -2.18. The van der Waals surface area contributed by atoms with Crippen LogP contribution >= 0.6 is 12.2 Å². The first-order chi connectivity index (χ1) is 8.75. The first-order valence-electron chi connectivity index (χ1n) is 5.87. The Kier molecular flexibility index (Phi) is 2.72. The molecule has 1 aliphatic heterocycles. The largest absolute Gasteiger partial charge is 0.389 e. The van der Waals surface area contributed by atoms with E-state index in [0.29, 0.717) is 4.99 Å². The van der Waals surface area contributed by atoms with Crippen molar-refractivity contribution in [2.24, 2.45) is 5.73 Å². The lowest BCUT2D eigenvalue weighted by molar-refractivity contribution is 0.974. The molecule has 0 bridgehead atoms. The van der Waals surface area contributed by atoms with Gasteiger partial charge in [-0.25, -0.2) is 4.98 Å². The average Bonchev–Trinajstić information content (AvgIpc) is 2.82. The van der Waals surface area contributed by atoms with Crippen LogP contribution in [-0.4, -0.2) is 16.5 Å². The number of hydrogen-bond donors (Lipinski definition) is 1. The Morgan fingerprint density at radius 1 is 1.22 bits per heavy atom. The van der Waals surface area contributed by atoms with E-state index >= 15 is 0 Å². The summed E-state index contributed by atoms with van der Waals surface area (Å²) in [6, 6.07) is 12.3. The maximum atomic E-state index is 5.57. The summed E-state index contributed by atoms with van der Waals surface area (Å²) in [7, 11) is 0. The SMILES string of the molecule is NC(=S)c1ccc(N2CCc3ccccc32)nc1. The molecule has 4 heteroatoms. The molecule has 0 fully saturated rings. The fourth-order valence-corrected chi connectivity index (χ4v) is 2.39. The summed E-state index contributed by atoms with van der Waals surface area (Å²) in [5, 5.41) is 0. The van der Waals surface area contributed by atoms with E-state index in [-0.39, 0.29) is 0 Å². The van der Waals surface area contributed by atoms with Crippen LogP contribution in [-0.2, 0) is 6.42 Å². The van der Waals surface area contributed by atoms with Gasteiger partial charge in [-0.2, -0.15) is 0 Å². The highest BCUT2D eigenvalue weighted by atomic mass is 32.1. The highest BCUT2D eigenvalue weighted by Gasteiger charge is 2.20. The van der Waals surface area contributed by atoms with E-state index in [4.69, 9.17) is 18.0 Å². The molecule has 0 unspecified atom stereocenters. The normalized spacial score (nSPS) is 13.4. The number of benzene rings is 1. The predicted octanol–water partition coefficient (Wildman–Crippen LogP) is 2.41. The van der Waals surface area contributed by atoms with Crippen molar-refractivity contribution in [3.63, 3.8) is 0 Å². The molecule has 1 aromatic heterocycles. The van der Waals surface area contributed by atoms with E-state index in [9.17, 15) is 0 Å². The van der Waals surface area contributed by atoms with Crippen LogP contribution < -0.4 is 10.6 Å². The van der Waals surface area contributed by atoms with Crippen LogP contribution in [0.5, 0.6) is 0 Å². The monoisotopic (exact) mass is 255 g/mol. The van der Waals surface area contributed by atoms with Gasteiger partial charge in [-0.1, -0.05) is 30.4 Å². The third-order valence-corrected chi connectivity index (χ3v) is 3.43. The van der Waals surface area contributed by atoms with E-state index in [1.807, 2.05) is 12.1 Å². The molecule has 0 radical (unpaired) electrons. The third-order valence-electron chi connectivity index (χ3n) is 3.20. The first kappa shape index (κ1) is 11.2. The molecule has 0 saturated carbocycles. The molecule has 1 aromatic carbocycles. The molecule has 2 heterocycles. The van der Waals surface area contributed by atoms with Crippen LogP contribution in [0.15, 0.2) is 42.6 Å². The zero-order chi connectivity index (χ0) is 12.5. The summed E-state index contributed by atoms with van der Waals surface area (Å²) in [6.45, 7) is 0.971. The second-order valence-electron chi connectivity index (χ2n) is 4.30. The highest BCUT2D eigenvalue weighted by Crippen LogP contribution is 2.32. The molecule has 0 saturated heterocycles. The zero-order valence-electron chi connectivity index (χ0n) is 9.84. The molecule has 1 aliphatic rings. The Balaban J connectivity index is 1.95. The van der Waals surface area contributed by atoms with Crippen LogP contribution in [0, 0.1) is 0 Å². The Morgan fingerprint density at radius 2 is 2.06 bits per heavy atom. The van der Waals surface area contributed by atoms with Crippen LogP contribution in [0.3, 0.4) is 0 Å². The van der Waals surface area contributed by atoms with Crippen molar-refractivity contribution in [3.05, 3.63) is 53.7 Å². The number of pyridine rings is 1. The Labute approximate surface area is 111 Å². The van der Waals surface area contributed by atoms with Crippen LogP contribution in [0.2, 0.25) is 0 Å². The van der Waals surface area contributed by atoms with Crippen molar-refractivity contribution in [2.45, 2.75) is 6.42 Å². The van der Waals surface area contributed by atoms with E-state index in [2.05, 4.69) is 34.1 Å². The smallest absolute Gasteiger partial charge is 0.132 e. The van der Waals surface area contributed by atoms with Gasteiger partial charge in [0.05, 0.1) is 0 Å². The second-order valence-corrected chi connectivity index (χ2v) is 4.74. The van der Waals surface area contributed by atoms with Gasteiger partial charge in [-0.05, 0) is 30.2 Å². The minimum absolute atomic E-state index is 0.385. The van der Waals surface area contributed by atoms with Gasteiger partial charge in [-0.15, -0.1) is 0 Å². The van der Waals surface area contributed by atoms with Crippen molar-refractivity contribution in [2.75, 3.05) is 11.4 Å². The molecule has 2 aromatic rings. The van der Waals surface area contributed by atoms with E-state index < -0.39 is 0 Å². The minimum Gasteiger partial charge on any atom is -0.389 e. The van der Waals surface area contributed by atoms with Gasteiger partial charge in [0.15, 0.2) is 0 Å². The van der Waals surface area contributed by atoms with Gasteiger partial charge < -0.3 is 10.6 Å². The van der Waals surface area contributed by atoms with Gasteiger partial charge in [0.1, 0.15) is 10.8 Å². The number of rotatable bonds is 2. The molecule has 90 valence electrons. The molecule has 0 atom stereocenters. The van der Waals surface area contributed by atoms with Gasteiger partial charge in [0, 0.05) is 24.0 Å². The molecule has 3 rings (SSSR count). The molecule has 0 aliphatic carbocycles. The Bertz CT molecular complexity index is 592. The molecule has 0 amide bonds. The van der Waals surface area contributed by atoms with Crippen LogP contribution in [0.1, 0.15) is 11.1 Å². The summed E-state index contributed by atoms with van der Waals surface area (Å²) < 4.78 is 0. The fraction of sp³-hybridized carbons (Fsp3) is 0.143. The summed E-state index contributed by atoms with van der Waals surface area (Å²) >= 11 is 4.93. The Morgan fingerprint density at radius 3 is 2.78 bits per heavy atom. The van der Waals surface area contributed by atoms with Crippen molar-refractivity contribution >= 4 is 28.7 Å². The number of hydrogen-bond acceptors (Lipinski definition) is 3. The summed E-state index contributed by atoms with van der Waals surface area (Å²) in [5.41, 5.74) is 8.99. The van der Waals surface area contributed by atoms with E-state index in [0.717, 1.165) is 24.3 Å². The van der Waals surface area contributed by atoms with Gasteiger partial charge in [0.25, 0.3) is 0 Å². The lowest BCUT2D eigenvalue weighted by Crippen LogP contribution is -2.16. The number of fused-ring (bicyclic) bond motifs is 1. The number of nitrogens with zero attached hydrogens (tertiary/aromatic N) is 2. The molecular formula is C14H13N3S. The number of thiocarbonyl (C=S) groups is 1. The topological polar surface area (TPSA) is 42.1 Å². The average molecular weight is 255 g/mol. The van der Waals surface area contributed by atoms with Crippen molar-refractivity contribution in [1.29, 1.82) is 0 Å². The maximum Gasteiger partial charge on any atom is 0.132 e. The molecular weight excluding hydrogens is 242 g/mol. The number of nitrogens with two attached hydrogens (primary N) is 1. The molecule has 0 spiro atoms. The van der Waals surface area contributed by atoms with Crippen molar-refractivity contribution in [1.82, 2.24) is 4.98 Å². The summed E-state index contributed by atoms with van der Waals surface area (Å²) in [6.07, 6.45) is 2.80. The number of anilines is 2. The van der Waals surface area contributed by atoms with Crippen molar-refractivity contribution in [3.8, 4) is 0 Å². The fourth-order valence-electron chi connectivity index (χ4n) is 2.27. The summed E-state index contributed by atoms with van der Waals surface area (Å²) in [5.74, 6) is 0.944. The predicted molar refractivity (Wildman–Crippen MR) is 77.3 cm³/mol. The van der Waals surface area contributed by atoms with Crippen LogP contribution in [0.25, 0.3) is 0 Å². The van der Waals surface area contributed by atoms with E-state index in [1.165, 1.54) is 11.3 Å². The van der Waals surface area contributed by atoms with E-state index in [1.54, 1.807) is 6.20 Å². The van der Waals surface area contributed by atoms with Gasteiger partial charge in [0.2, 0.25) is 0 Å². The number of para-hydroxylation sites is 1. The van der Waals surface area contributed by atoms with Gasteiger partial charge in [-0.3, -0.25) is 0 Å². The lowest BCUT2D eigenvalue weighted by atomic mass is 10.2. The standard InChI is InChI=1S/C14H13N3S/c15-14(18)11-5-6-13(16-9-11)17-8-7-10-3-1-2-4-12(10)17/h1-6,9H,7-8H2,(H2,15,18). The number of aromatic nitrogens is 1. The minimum atomic E-state index is 0.385. The molecule has 3 nitrogen and oxygen atoms in total. The first-order valence-corrected chi connectivity index (χ1v) is 6.28. The quantitative estimate of drug-likeness (QED) is 0.837. The van der Waals surface area contributed by atoms with Gasteiger partial charge >= 0.3 is 0 Å². The summed E-state index contributed by atoms with van der Waals surface area (Å²) in [4.78, 5) is 7.05.